The first-order chi connectivity index (χ1) is 15.4. The van der Waals surface area contributed by atoms with Gasteiger partial charge in [-0.15, -0.1) is 0 Å². The summed E-state index contributed by atoms with van der Waals surface area (Å²) >= 11 is 6.20. The van der Waals surface area contributed by atoms with Gasteiger partial charge in [-0.25, -0.2) is 18.1 Å². The fourth-order valence-corrected chi connectivity index (χ4v) is 4.91. The lowest BCUT2D eigenvalue weighted by molar-refractivity contribution is -0.131. The Balaban J connectivity index is 1.27. The maximum atomic E-state index is 12.6. The SMILES string of the molecule is O=C(CCNS(=O)(=O)c1ccc2c(c1)OCCCO2)N1CCN(c2ncccc2Cl)CC1. The molecule has 32 heavy (non-hydrogen) atoms. The Morgan fingerprint density at radius 1 is 1.09 bits per heavy atom. The number of ether oxygens (including phenoxy) is 2. The zero-order valence-electron chi connectivity index (χ0n) is 17.5. The molecule has 2 aromatic rings. The van der Waals surface area contributed by atoms with Crippen LogP contribution in [0.5, 0.6) is 11.5 Å². The lowest BCUT2D eigenvalue weighted by Gasteiger charge is -2.35. The molecule has 1 fully saturated rings. The third-order valence-corrected chi connectivity index (χ3v) is 7.08. The second-order valence-corrected chi connectivity index (χ2v) is 9.66. The van der Waals surface area contributed by atoms with Crippen molar-refractivity contribution < 1.29 is 22.7 Å². The third-order valence-electron chi connectivity index (χ3n) is 5.33. The van der Waals surface area contributed by atoms with Crippen LogP contribution in [0.25, 0.3) is 0 Å². The number of carbonyl (C=O) groups excluding carboxylic acids is 1. The summed E-state index contributed by atoms with van der Waals surface area (Å²) in [4.78, 5) is 20.7. The predicted molar refractivity (Wildman–Crippen MR) is 120 cm³/mol. The van der Waals surface area contributed by atoms with E-state index in [-0.39, 0.29) is 23.8 Å². The van der Waals surface area contributed by atoms with Gasteiger partial charge in [-0.1, -0.05) is 11.6 Å². The molecule has 1 N–H and O–H groups in total. The maximum absolute atomic E-state index is 12.6. The van der Waals surface area contributed by atoms with Crippen LogP contribution in [0.2, 0.25) is 5.02 Å². The number of nitrogens with one attached hydrogen (secondary N) is 1. The number of piperazine rings is 1. The number of hydrogen-bond acceptors (Lipinski definition) is 7. The molecule has 0 bridgehead atoms. The Morgan fingerprint density at radius 2 is 1.84 bits per heavy atom. The van der Waals surface area contributed by atoms with Gasteiger partial charge < -0.3 is 19.3 Å². The molecule has 3 heterocycles. The molecule has 2 aliphatic rings. The highest BCUT2D eigenvalue weighted by atomic mass is 35.5. The quantitative estimate of drug-likeness (QED) is 0.674. The number of amides is 1. The van der Waals surface area contributed by atoms with E-state index in [2.05, 4.69) is 9.71 Å². The van der Waals surface area contributed by atoms with E-state index in [0.29, 0.717) is 61.7 Å². The van der Waals surface area contributed by atoms with E-state index in [4.69, 9.17) is 21.1 Å². The molecule has 1 aromatic carbocycles. The predicted octanol–water partition coefficient (Wildman–Crippen LogP) is 1.91. The minimum Gasteiger partial charge on any atom is -0.490 e. The zero-order chi connectivity index (χ0) is 22.6. The van der Waals surface area contributed by atoms with Crippen LogP contribution >= 0.6 is 11.6 Å². The second kappa shape index (κ2) is 9.93. The van der Waals surface area contributed by atoms with Crippen LogP contribution in [0.3, 0.4) is 0 Å². The Kier molecular flexibility index (Phi) is 7.02. The number of benzene rings is 1. The van der Waals surface area contributed by atoms with Gasteiger partial charge in [0.25, 0.3) is 0 Å². The highest BCUT2D eigenvalue weighted by molar-refractivity contribution is 7.89. The van der Waals surface area contributed by atoms with E-state index in [1.165, 1.54) is 12.1 Å². The molecule has 1 amide bonds. The zero-order valence-corrected chi connectivity index (χ0v) is 19.1. The topological polar surface area (TPSA) is 101 Å². The monoisotopic (exact) mass is 480 g/mol. The second-order valence-electron chi connectivity index (χ2n) is 7.48. The van der Waals surface area contributed by atoms with Gasteiger partial charge in [0.05, 0.1) is 23.1 Å². The normalized spacial score (nSPS) is 16.5. The number of anilines is 1. The summed E-state index contributed by atoms with van der Waals surface area (Å²) in [5.41, 5.74) is 0. The van der Waals surface area contributed by atoms with E-state index in [9.17, 15) is 13.2 Å². The molecule has 0 unspecified atom stereocenters. The average Bonchev–Trinajstić information content (AvgIpc) is 3.04. The molecule has 0 saturated carbocycles. The van der Waals surface area contributed by atoms with Crippen LogP contribution in [-0.4, -0.2) is 70.1 Å². The first-order valence-corrected chi connectivity index (χ1v) is 12.3. The number of pyridine rings is 1. The molecule has 9 nitrogen and oxygen atoms in total. The van der Waals surface area contributed by atoms with Crippen molar-refractivity contribution in [3.8, 4) is 11.5 Å². The number of aromatic nitrogens is 1. The van der Waals surface area contributed by atoms with Crippen molar-refractivity contribution in [1.29, 1.82) is 0 Å². The minimum atomic E-state index is -3.77. The van der Waals surface area contributed by atoms with Crippen molar-refractivity contribution in [2.24, 2.45) is 0 Å². The lowest BCUT2D eigenvalue weighted by Crippen LogP contribution is -2.49. The van der Waals surface area contributed by atoms with Crippen LogP contribution in [0.15, 0.2) is 41.4 Å². The van der Waals surface area contributed by atoms with Gasteiger partial charge in [-0.3, -0.25) is 4.79 Å². The van der Waals surface area contributed by atoms with Gasteiger partial charge in [0.15, 0.2) is 11.5 Å². The molecule has 4 rings (SSSR count). The van der Waals surface area contributed by atoms with Gasteiger partial charge in [-0.2, -0.15) is 0 Å². The summed E-state index contributed by atoms with van der Waals surface area (Å²) in [6.07, 6.45) is 2.50. The lowest BCUT2D eigenvalue weighted by atomic mass is 10.2. The fourth-order valence-electron chi connectivity index (χ4n) is 3.62. The molecule has 0 spiro atoms. The highest BCUT2D eigenvalue weighted by Gasteiger charge is 2.24. The van der Waals surface area contributed by atoms with Gasteiger partial charge in [0.2, 0.25) is 15.9 Å². The van der Waals surface area contributed by atoms with E-state index in [1.807, 2.05) is 4.90 Å². The Bertz CT molecular complexity index is 1070. The van der Waals surface area contributed by atoms with Crippen molar-refractivity contribution in [1.82, 2.24) is 14.6 Å². The van der Waals surface area contributed by atoms with E-state index in [1.54, 1.807) is 29.3 Å². The van der Waals surface area contributed by atoms with E-state index < -0.39 is 10.0 Å². The number of carbonyl (C=O) groups is 1. The Morgan fingerprint density at radius 3 is 2.59 bits per heavy atom. The number of rotatable bonds is 6. The molecular weight excluding hydrogens is 456 g/mol. The minimum absolute atomic E-state index is 0.0158. The molecule has 1 saturated heterocycles. The molecule has 2 aliphatic heterocycles. The number of hydrogen-bond donors (Lipinski definition) is 1. The van der Waals surface area contributed by atoms with Crippen molar-refractivity contribution in [2.75, 3.05) is 50.8 Å². The van der Waals surface area contributed by atoms with Crippen molar-refractivity contribution >= 4 is 33.3 Å². The van der Waals surface area contributed by atoms with E-state index in [0.717, 1.165) is 6.42 Å². The number of halogens is 1. The van der Waals surface area contributed by atoms with Crippen LogP contribution in [0.4, 0.5) is 5.82 Å². The van der Waals surface area contributed by atoms with Crippen molar-refractivity contribution in [2.45, 2.75) is 17.7 Å². The summed E-state index contributed by atoms with van der Waals surface area (Å²) in [6, 6.07) is 8.08. The molecule has 0 radical (unpaired) electrons. The summed E-state index contributed by atoms with van der Waals surface area (Å²) in [6.45, 7) is 3.31. The number of sulfonamides is 1. The third kappa shape index (κ3) is 5.25. The van der Waals surface area contributed by atoms with Crippen LogP contribution in [-0.2, 0) is 14.8 Å². The molecule has 0 aliphatic carbocycles. The van der Waals surface area contributed by atoms with Gasteiger partial charge in [0, 0.05) is 57.8 Å². The fraction of sp³-hybridized carbons (Fsp3) is 0.429. The van der Waals surface area contributed by atoms with Gasteiger partial charge >= 0.3 is 0 Å². The standard InChI is InChI=1S/C21H25ClN4O5S/c22-17-3-1-7-23-21(17)26-11-9-25(10-12-26)20(27)6-8-24-32(28,29)16-4-5-18-19(15-16)31-14-2-13-30-18/h1,3-5,7,15,24H,2,6,8-14H2. The molecule has 1 aromatic heterocycles. The molecule has 172 valence electrons. The maximum Gasteiger partial charge on any atom is 0.240 e. The molecule has 0 atom stereocenters. The largest absolute Gasteiger partial charge is 0.490 e. The Hall–Kier alpha value is -2.56. The van der Waals surface area contributed by atoms with E-state index >= 15 is 0 Å². The number of nitrogens with zero attached hydrogens (tertiary/aromatic N) is 3. The highest BCUT2D eigenvalue weighted by Crippen LogP contribution is 2.31. The van der Waals surface area contributed by atoms with Crippen molar-refractivity contribution in [3.05, 3.63) is 41.6 Å². The van der Waals surface area contributed by atoms with Crippen LogP contribution < -0.4 is 19.1 Å². The number of fused-ring (bicyclic) bond motifs is 1. The first kappa shape index (κ1) is 22.6. The van der Waals surface area contributed by atoms with Crippen LogP contribution in [0.1, 0.15) is 12.8 Å². The molecular formula is C21H25ClN4O5S. The first-order valence-electron chi connectivity index (χ1n) is 10.5. The Labute approximate surface area is 192 Å². The van der Waals surface area contributed by atoms with Gasteiger partial charge in [0.1, 0.15) is 5.82 Å². The van der Waals surface area contributed by atoms with Crippen molar-refractivity contribution in [3.63, 3.8) is 0 Å². The average molecular weight is 481 g/mol. The summed E-state index contributed by atoms with van der Waals surface area (Å²) < 4.78 is 38.9. The smallest absolute Gasteiger partial charge is 0.240 e. The summed E-state index contributed by atoms with van der Waals surface area (Å²) in [7, 11) is -3.77. The van der Waals surface area contributed by atoms with Crippen LogP contribution in [0, 0.1) is 0 Å². The summed E-state index contributed by atoms with van der Waals surface area (Å²) in [5.74, 6) is 1.55. The summed E-state index contributed by atoms with van der Waals surface area (Å²) in [5, 5.41) is 0.580. The van der Waals surface area contributed by atoms with Gasteiger partial charge in [-0.05, 0) is 24.3 Å². The molecule has 11 heteroatoms.